The summed E-state index contributed by atoms with van der Waals surface area (Å²) in [4.78, 5) is 1.44. The van der Waals surface area contributed by atoms with E-state index in [4.69, 9.17) is 13.3 Å². The summed E-state index contributed by atoms with van der Waals surface area (Å²) in [7, 11) is 2.36. The van der Waals surface area contributed by atoms with Crippen LogP contribution in [-0.2, 0) is 10.3 Å². The highest BCUT2D eigenvalue weighted by molar-refractivity contribution is 8.38. The minimum Gasteiger partial charge on any atom is -0.493 e. The molecule has 3 atom stereocenters. The SMILES string of the molecule is CNC(C#CCCCC1SCCCS1(O[Si](C)(C)C)c1ccccc1)CCc1ccc(OC)c(OC)c1. The molecule has 0 aliphatic carbocycles. The van der Waals surface area contributed by atoms with Crippen LogP contribution in [0.5, 0.6) is 11.5 Å². The molecular formula is C30H45NO3S2Si. The van der Waals surface area contributed by atoms with Crippen molar-refractivity contribution in [3.8, 4) is 23.3 Å². The predicted molar refractivity (Wildman–Crippen MR) is 165 cm³/mol. The Morgan fingerprint density at radius 2 is 1.84 bits per heavy atom. The molecular weight excluding hydrogens is 515 g/mol. The molecule has 2 aromatic carbocycles. The minimum atomic E-state index is -1.69. The first kappa shape index (κ1) is 30.0. The van der Waals surface area contributed by atoms with E-state index in [-0.39, 0.29) is 6.04 Å². The Hall–Kier alpha value is -1.56. The standard InChI is InChI=1S/C30H45NO3S2Si/c1-31-26(20-18-25-19-21-28(32-2)29(24-25)33-3)14-9-7-12-17-30-35-22-13-23-36(30,34-37(4,5)6)27-15-10-8-11-16-27/h8,10-11,15-16,19,21,24,26,30-31H,7,12-13,17-18,20,22-23H2,1-6H3. The summed E-state index contributed by atoms with van der Waals surface area (Å²) in [6.45, 7) is 7.02. The van der Waals surface area contributed by atoms with E-state index >= 15 is 0 Å². The molecule has 1 fully saturated rings. The molecule has 0 radical (unpaired) electrons. The maximum Gasteiger partial charge on any atom is 0.200 e. The van der Waals surface area contributed by atoms with Crippen LogP contribution in [0.4, 0.5) is 0 Å². The number of rotatable bonds is 12. The topological polar surface area (TPSA) is 39.7 Å². The van der Waals surface area contributed by atoms with Gasteiger partial charge in [0, 0.05) is 17.1 Å². The zero-order valence-electron chi connectivity index (χ0n) is 23.5. The van der Waals surface area contributed by atoms with Gasteiger partial charge in [-0.1, -0.05) is 30.2 Å². The molecule has 1 aliphatic rings. The van der Waals surface area contributed by atoms with Crippen LogP contribution in [-0.4, -0.2) is 51.7 Å². The number of ether oxygens (including phenoxy) is 2. The van der Waals surface area contributed by atoms with Crippen LogP contribution in [0.15, 0.2) is 53.4 Å². The Labute approximate surface area is 232 Å². The summed E-state index contributed by atoms with van der Waals surface area (Å²) in [6.07, 6.45) is 6.37. The van der Waals surface area contributed by atoms with Crippen LogP contribution in [0.2, 0.25) is 19.6 Å². The predicted octanol–water partition coefficient (Wildman–Crippen LogP) is 7.49. The third-order valence-corrected chi connectivity index (χ3v) is 15.1. The van der Waals surface area contributed by atoms with Gasteiger partial charge in [0.15, 0.2) is 11.5 Å². The Kier molecular flexibility index (Phi) is 11.8. The number of benzene rings is 2. The summed E-state index contributed by atoms with van der Waals surface area (Å²) < 4.78 is 18.5. The molecule has 0 aromatic heterocycles. The van der Waals surface area contributed by atoms with E-state index in [1.807, 2.05) is 13.1 Å². The Morgan fingerprint density at radius 1 is 1.08 bits per heavy atom. The van der Waals surface area contributed by atoms with Crippen molar-refractivity contribution in [2.45, 2.75) is 73.7 Å². The summed E-state index contributed by atoms with van der Waals surface area (Å²) in [5.41, 5.74) is 1.23. The van der Waals surface area contributed by atoms with Crippen molar-refractivity contribution in [2.75, 3.05) is 32.8 Å². The second kappa shape index (κ2) is 14.6. The van der Waals surface area contributed by atoms with E-state index in [1.54, 1.807) is 14.2 Å². The lowest BCUT2D eigenvalue weighted by atomic mass is 10.0. The van der Waals surface area contributed by atoms with Gasteiger partial charge >= 0.3 is 0 Å². The highest BCUT2D eigenvalue weighted by Gasteiger charge is 2.41. The molecule has 1 heterocycles. The van der Waals surface area contributed by atoms with Gasteiger partial charge in [-0.05, 0) is 94.4 Å². The molecule has 204 valence electrons. The van der Waals surface area contributed by atoms with Crippen LogP contribution in [0.1, 0.15) is 37.7 Å². The number of hydrogen-bond donors (Lipinski definition) is 1. The minimum absolute atomic E-state index is 0.182. The van der Waals surface area contributed by atoms with E-state index in [1.165, 1.54) is 34.8 Å². The molecule has 1 saturated heterocycles. The van der Waals surface area contributed by atoms with Crippen molar-refractivity contribution in [3.05, 3.63) is 54.1 Å². The lowest BCUT2D eigenvalue weighted by Gasteiger charge is -2.52. The maximum absolute atomic E-state index is 7.12. The molecule has 0 saturated carbocycles. The molecule has 7 heteroatoms. The smallest absolute Gasteiger partial charge is 0.200 e. The molecule has 3 rings (SSSR count). The fraction of sp³-hybridized carbons (Fsp3) is 0.533. The molecule has 0 bridgehead atoms. The first-order valence-corrected chi connectivity index (χ1v) is 19.6. The number of aryl methyl sites for hydroxylation is 1. The van der Waals surface area contributed by atoms with Crippen molar-refractivity contribution in [1.82, 2.24) is 5.32 Å². The number of thioether (sulfide) groups is 1. The number of unbranched alkanes of at least 4 members (excludes halogenated alkanes) is 1. The first-order valence-electron chi connectivity index (χ1n) is 13.3. The van der Waals surface area contributed by atoms with Gasteiger partial charge in [0.2, 0.25) is 8.32 Å². The van der Waals surface area contributed by atoms with E-state index in [9.17, 15) is 0 Å². The van der Waals surface area contributed by atoms with Gasteiger partial charge in [-0.3, -0.25) is 0 Å². The Morgan fingerprint density at radius 3 is 2.51 bits per heavy atom. The molecule has 3 unspecified atom stereocenters. The van der Waals surface area contributed by atoms with E-state index in [2.05, 4.69) is 91.0 Å². The van der Waals surface area contributed by atoms with Crippen LogP contribution in [0, 0.1) is 11.8 Å². The second-order valence-corrected chi connectivity index (χ2v) is 19.8. The fourth-order valence-corrected chi connectivity index (χ4v) is 15.2. The first-order chi connectivity index (χ1) is 17.8. The van der Waals surface area contributed by atoms with E-state index < -0.39 is 18.6 Å². The average molecular weight is 560 g/mol. The molecule has 2 aromatic rings. The molecule has 1 aliphatic heterocycles. The highest BCUT2D eigenvalue weighted by atomic mass is 32.3. The monoisotopic (exact) mass is 559 g/mol. The summed E-state index contributed by atoms with van der Waals surface area (Å²) in [5, 5.41) is 3.38. The molecule has 0 amide bonds. The molecule has 0 spiro atoms. The van der Waals surface area contributed by atoms with Crippen LogP contribution in [0.25, 0.3) is 0 Å². The van der Waals surface area contributed by atoms with Crippen LogP contribution >= 0.6 is 22.1 Å². The number of nitrogens with one attached hydrogen (secondary N) is 1. The molecule has 1 N–H and O–H groups in total. The number of methoxy groups -OCH3 is 2. The summed E-state index contributed by atoms with van der Waals surface area (Å²) >= 11 is 2.14. The van der Waals surface area contributed by atoms with Gasteiger partial charge in [-0.15, -0.1) is 28.0 Å². The van der Waals surface area contributed by atoms with Gasteiger partial charge < -0.3 is 18.7 Å². The van der Waals surface area contributed by atoms with Crippen molar-refractivity contribution in [3.63, 3.8) is 0 Å². The summed E-state index contributed by atoms with van der Waals surface area (Å²) in [6, 6.07) is 17.4. The van der Waals surface area contributed by atoms with Crippen molar-refractivity contribution in [1.29, 1.82) is 0 Å². The van der Waals surface area contributed by atoms with Crippen molar-refractivity contribution >= 4 is 30.4 Å². The third kappa shape index (κ3) is 8.73. The quantitative estimate of drug-likeness (QED) is 0.166. The van der Waals surface area contributed by atoms with Gasteiger partial charge in [0.05, 0.1) is 24.8 Å². The maximum atomic E-state index is 7.12. The van der Waals surface area contributed by atoms with E-state index in [0.29, 0.717) is 4.58 Å². The highest BCUT2D eigenvalue weighted by Crippen LogP contribution is 2.68. The van der Waals surface area contributed by atoms with E-state index in [0.717, 1.165) is 37.2 Å². The zero-order chi connectivity index (χ0) is 26.7. The number of hydrogen-bond acceptors (Lipinski definition) is 5. The van der Waals surface area contributed by atoms with Crippen molar-refractivity contribution in [2.24, 2.45) is 0 Å². The molecule has 37 heavy (non-hydrogen) atoms. The van der Waals surface area contributed by atoms with Crippen LogP contribution in [0.3, 0.4) is 0 Å². The van der Waals surface area contributed by atoms with Crippen molar-refractivity contribution < 1.29 is 13.3 Å². The van der Waals surface area contributed by atoms with Gasteiger partial charge in [-0.25, -0.2) is 0 Å². The Bertz CT molecular complexity index is 1030. The third-order valence-electron chi connectivity index (χ3n) is 6.40. The van der Waals surface area contributed by atoms with Gasteiger partial charge in [0.1, 0.15) is 0 Å². The Balaban J connectivity index is 1.58. The zero-order valence-corrected chi connectivity index (χ0v) is 26.1. The van der Waals surface area contributed by atoms with Gasteiger partial charge in [0.25, 0.3) is 0 Å². The lowest BCUT2D eigenvalue weighted by molar-refractivity contribution is 0.354. The fourth-order valence-electron chi connectivity index (χ4n) is 4.70. The van der Waals surface area contributed by atoms with Gasteiger partial charge in [-0.2, -0.15) is 0 Å². The normalized spacial score (nSPS) is 22.3. The van der Waals surface area contributed by atoms with Crippen LogP contribution < -0.4 is 14.8 Å². The molecule has 4 nitrogen and oxygen atoms in total. The summed E-state index contributed by atoms with van der Waals surface area (Å²) in [5.74, 6) is 10.9. The average Bonchev–Trinajstić information content (AvgIpc) is 2.90. The largest absolute Gasteiger partial charge is 0.493 e. The second-order valence-electron chi connectivity index (χ2n) is 10.4. The lowest BCUT2D eigenvalue weighted by Crippen LogP contribution is -2.35.